The van der Waals surface area contributed by atoms with Crippen molar-refractivity contribution < 1.29 is 80.2 Å². The molecule has 0 heterocycles. The topological polar surface area (TPSA) is 237 Å². The highest BCUT2D eigenvalue weighted by Crippen LogP contribution is 2.45. The number of ether oxygens (including phenoxy) is 4. The summed E-state index contributed by atoms with van der Waals surface area (Å²) in [5.41, 5.74) is 0. The van der Waals surface area contributed by atoms with Crippen molar-refractivity contribution in [3.63, 3.8) is 0 Å². The Kier molecular flexibility index (Phi) is 75.4. The van der Waals surface area contributed by atoms with Crippen LogP contribution in [0.1, 0.15) is 452 Å². The summed E-state index contributed by atoms with van der Waals surface area (Å²) >= 11 is 0. The Balaban J connectivity index is 5.24. The van der Waals surface area contributed by atoms with E-state index in [2.05, 4.69) is 34.6 Å². The standard InChI is InChI=1S/C84H164O17P2/c1-6-9-12-15-18-21-24-27-29-31-33-34-36-38-40-43-49-54-59-64-69-83(88)100-79(73-95-82(87)68-63-58-53-48-42-39-37-35-32-30-28-25-22-19-16-13-10-7-2)75-98-102(90,91)96-71-78(85)72-97-103(92,93)99-76-80(74-94-81(86)67-62-57-52-47-41-26-23-20-17-14-11-8-3)101-84(89)70-65-60-55-50-45-44-46-51-56-61-66-77(4)5/h77-80,85H,6-76H2,1-5H3,(H,90,91)(H,92,93)/t78-,79-,80-/m1/s1. The fourth-order valence-corrected chi connectivity index (χ4v) is 14.7. The van der Waals surface area contributed by atoms with E-state index < -0.39 is 97.5 Å². The summed E-state index contributed by atoms with van der Waals surface area (Å²) in [6, 6.07) is 0. The summed E-state index contributed by atoms with van der Waals surface area (Å²) < 4.78 is 68.8. The van der Waals surface area contributed by atoms with Gasteiger partial charge in [0, 0.05) is 25.7 Å². The molecule has 0 aromatic heterocycles. The van der Waals surface area contributed by atoms with Crippen LogP contribution in [0.5, 0.6) is 0 Å². The molecule has 17 nitrogen and oxygen atoms in total. The summed E-state index contributed by atoms with van der Waals surface area (Å²) in [6.45, 7) is 7.34. The first kappa shape index (κ1) is 101. The molecule has 0 aliphatic rings. The van der Waals surface area contributed by atoms with E-state index in [0.29, 0.717) is 25.7 Å². The maximum Gasteiger partial charge on any atom is 0.472 e. The first-order valence-corrected chi connectivity index (χ1v) is 46.6. The van der Waals surface area contributed by atoms with Crippen molar-refractivity contribution in [1.29, 1.82) is 0 Å². The molecule has 612 valence electrons. The van der Waals surface area contributed by atoms with Crippen molar-refractivity contribution in [3.05, 3.63) is 0 Å². The summed E-state index contributed by atoms with van der Waals surface area (Å²) in [5.74, 6) is -1.35. The van der Waals surface area contributed by atoms with E-state index in [0.717, 1.165) is 95.8 Å². The zero-order valence-electron chi connectivity index (χ0n) is 67.5. The summed E-state index contributed by atoms with van der Waals surface area (Å²) in [7, 11) is -9.92. The Hall–Kier alpha value is -1.94. The number of unbranched alkanes of at least 4 members (excludes halogenated alkanes) is 56. The van der Waals surface area contributed by atoms with Crippen LogP contribution >= 0.6 is 15.6 Å². The highest BCUT2D eigenvalue weighted by atomic mass is 31.2. The third kappa shape index (κ3) is 78.0. The molecule has 0 aromatic carbocycles. The zero-order chi connectivity index (χ0) is 75.5. The molecule has 0 saturated heterocycles. The lowest BCUT2D eigenvalue weighted by atomic mass is 10.0. The zero-order valence-corrected chi connectivity index (χ0v) is 69.3. The number of esters is 4. The SMILES string of the molecule is CCCCCCCCCCCCCCCCCCCCCCC(=O)O[C@H](COC(=O)CCCCCCCCCCCCCCCCCCCC)COP(=O)(O)OC[C@@H](O)COP(=O)(O)OC[C@@H](COC(=O)CCCCCCCCCCCCCC)OC(=O)CCCCCCCCCCCCC(C)C. The minimum atomic E-state index is -4.96. The fraction of sp³-hybridized carbons (Fsp3) is 0.952. The van der Waals surface area contributed by atoms with Gasteiger partial charge in [-0.2, -0.15) is 0 Å². The van der Waals surface area contributed by atoms with Crippen molar-refractivity contribution in [2.75, 3.05) is 39.6 Å². The molecule has 0 aromatic rings. The van der Waals surface area contributed by atoms with Gasteiger partial charge in [-0.15, -0.1) is 0 Å². The van der Waals surface area contributed by atoms with Crippen molar-refractivity contribution in [1.82, 2.24) is 0 Å². The molecular weight excluding hydrogens is 1340 g/mol. The average Bonchev–Trinajstić information content (AvgIpc) is 1.11. The van der Waals surface area contributed by atoms with Crippen LogP contribution in [0.3, 0.4) is 0 Å². The number of phosphoric ester groups is 2. The molecule has 2 unspecified atom stereocenters. The molecule has 103 heavy (non-hydrogen) atoms. The van der Waals surface area contributed by atoms with E-state index in [4.69, 9.17) is 37.0 Å². The van der Waals surface area contributed by atoms with E-state index in [9.17, 15) is 43.2 Å². The first-order valence-electron chi connectivity index (χ1n) is 43.6. The monoisotopic (exact) mass is 1510 g/mol. The lowest BCUT2D eigenvalue weighted by Gasteiger charge is -2.21. The van der Waals surface area contributed by atoms with E-state index in [1.807, 2.05) is 0 Å². The molecule has 5 atom stereocenters. The fourth-order valence-electron chi connectivity index (χ4n) is 13.1. The summed E-state index contributed by atoms with van der Waals surface area (Å²) in [6.07, 6.45) is 69.4. The maximum absolute atomic E-state index is 13.1. The first-order chi connectivity index (χ1) is 50.0. The van der Waals surface area contributed by atoms with Gasteiger partial charge in [0.1, 0.15) is 19.3 Å². The van der Waals surface area contributed by atoms with Crippen LogP contribution in [-0.4, -0.2) is 96.7 Å². The molecular formula is C84H164O17P2. The number of carbonyl (C=O) groups excluding carboxylic acids is 4. The number of hydrogen-bond acceptors (Lipinski definition) is 15. The average molecular weight is 1510 g/mol. The Morgan fingerprint density at radius 1 is 0.262 bits per heavy atom. The number of phosphoric acid groups is 2. The Morgan fingerprint density at radius 3 is 0.660 bits per heavy atom. The predicted octanol–water partition coefficient (Wildman–Crippen LogP) is 25.6. The normalized spacial score (nSPS) is 13.8. The predicted molar refractivity (Wildman–Crippen MR) is 423 cm³/mol. The Bertz CT molecular complexity index is 1960. The minimum Gasteiger partial charge on any atom is -0.462 e. The Labute approximate surface area is 632 Å². The van der Waals surface area contributed by atoms with Gasteiger partial charge in [0.15, 0.2) is 12.2 Å². The summed E-state index contributed by atoms with van der Waals surface area (Å²) in [4.78, 5) is 73.2. The minimum absolute atomic E-state index is 0.107. The van der Waals surface area contributed by atoms with Crippen LogP contribution in [0.2, 0.25) is 0 Å². The van der Waals surface area contributed by atoms with Crippen LogP contribution in [-0.2, 0) is 65.4 Å². The number of aliphatic hydroxyl groups is 1. The highest BCUT2D eigenvalue weighted by molar-refractivity contribution is 7.47. The van der Waals surface area contributed by atoms with Crippen LogP contribution in [0.15, 0.2) is 0 Å². The summed E-state index contributed by atoms with van der Waals surface area (Å²) in [5, 5.41) is 10.7. The third-order valence-corrected chi connectivity index (χ3v) is 21.7. The molecule has 0 aliphatic heterocycles. The third-order valence-electron chi connectivity index (χ3n) is 19.8. The van der Waals surface area contributed by atoms with Crippen LogP contribution in [0, 0.1) is 5.92 Å². The van der Waals surface area contributed by atoms with Crippen molar-refractivity contribution in [3.8, 4) is 0 Å². The molecule has 0 fully saturated rings. The van der Waals surface area contributed by atoms with Crippen LogP contribution in [0.25, 0.3) is 0 Å². The second-order valence-electron chi connectivity index (χ2n) is 30.7. The molecule has 0 spiro atoms. The second kappa shape index (κ2) is 76.8. The number of carbonyl (C=O) groups is 4. The lowest BCUT2D eigenvalue weighted by Crippen LogP contribution is -2.30. The van der Waals surface area contributed by atoms with E-state index in [-0.39, 0.29) is 25.7 Å². The molecule has 0 bridgehead atoms. The molecule has 0 amide bonds. The van der Waals surface area contributed by atoms with Crippen molar-refractivity contribution in [2.45, 2.75) is 470 Å². The second-order valence-corrected chi connectivity index (χ2v) is 33.6. The Morgan fingerprint density at radius 2 is 0.447 bits per heavy atom. The van der Waals surface area contributed by atoms with Crippen LogP contribution < -0.4 is 0 Å². The van der Waals surface area contributed by atoms with Gasteiger partial charge in [0.05, 0.1) is 26.4 Å². The molecule has 0 rings (SSSR count). The van der Waals surface area contributed by atoms with E-state index in [1.165, 1.54) is 276 Å². The van der Waals surface area contributed by atoms with Crippen molar-refractivity contribution in [2.24, 2.45) is 5.92 Å². The quantitative estimate of drug-likeness (QED) is 0.0222. The van der Waals surface area contributed by atoms with Gasteiger partial charge in [-0.25, -0.2) is 9.13 Å². The van der Waals surface area contributed by atoms with Gasteiger partial charge < -0.3 is 33.8 Å². The van der Waals surface area contributed by atoms with Gasteiger partial charge in [-0.3, -0.25) is 37.3 Å². The van der Waals surface area contributed by atoms with Crippen molar-refractivity contribution >= 4 is 39.5 Å². The number of aliphatic hydroxyl groups excluding tert-OH is 1. The molecule has 0 radical (unpaired) electrons. The van der Waals surface area contributed by atoms with Gasteiger partial charge in [-0.1, -0.05) is 401 Å². The highest BCUT2D eigenvalue weighted by Gasteiger charge is 2.30. The van der Waals surface area contributed by atoms with Gasteiger partial charge in [-0.05, 0) is 31.6 Å². The number of rotatable bonds is 84. The van der Waals surface area contributed by atoms with Gasteiger partial charge in [0.2, 0.25) is 0 Å². The van der Waals surface area contributed by atoms with Gasteiger partial charge in [0.25, 0.3) is 0 Å². The van der Waals surface area contributed by atoms with E-state index >= 15 is 0 Å². The molecule has 0 saturated carbocycles. The van der Waals surface area contributed by atoms with Gasteiger partial charge >= 0.3 is 39.5 Å². The molecule has 0 aliphatic carbocycles. The van der Waals surface area contributed by atoms with Crippen LogP contribution in [0.4, 0.5) is 0 Å². The largest absolute Gasteiger partial charge is 0.472 e. The molecule has 19 heteroatoms. The van der Waals surface area contributed by atoms with E-state index in [1.54, 1.807) is 0 Å². The smallest absolute Gasteiger partial charge is 0.462 e. The molecule has 3 N–H and O–H groups in total. The maximum atomic E-state index is 13.1. The lowest BCUT2D eigenvalue weighted by molar-refractivity contribution is -0.161. The number of hydrogen-bond donors (Lipinski definition) is 3.